The first kappa shape index (κ1) is 7.97. The zero-order chi connectivity index (χ0) is 9.42. The van der Waals surface area contributed by atoms with E-state index in [1.807, 2.05) is 0 Å². The average molecular weight is 179 g/mol. The second kappa shape index (κ2) is 2.69. The maximum Gasteiger partial charge on any atom is 0.239 e. The highest BCUT2D eigenvalue weighted by molar-refractivity contribution is 6.19. The predicted octanol–water partition coefficient (Wildman–Crippen LogP) is 0.309. The Labute approximate surface area is 74.8 Å². The number of hydrogen-bond acceptors (Lipinski definition) is 3. The van der Waals surface area contributed by atoms with E-state index in [9.17, 15) is 9.59 Å². The van der Waals surface area contributed by atoms with Gasteiger partial charge in [0.15, 0.2) is 0 Å². The van der Waals surface area contributed by atoms with Crippen LogP contribution in [-0.4, -0.2) is 21.8 Å². The fraction of sp³-hybridized carbons (Fsp3) is 0.375. The number of carbonyl (C=O) groups excluding carboxylic acids is 2. The summed E-state index contributed by atoms with van der Waals surface area (Å²) in [5, 5.41) is 0. The Bertz CT molecular complexity index is 344. The van der Waals surface area contributed by atoms with Crippen LogP contribution in [0.3, 0.4) is 0 Å². The van der Waals surface area contributed by atoms with Crippen molar-refractivity contribution in [2.24, 2.45) is 5.92 Å². The van der Waals surface area contributed by atoms with Crippen LogP contribution in [0.5, 0.6) is 0 Å². The second-order valence-corrected chi connectivity index (χ2v) is 3.09. The highest BCUT2D eigenvalue weighted by Gasteiger charge is 2.37. The third kappa shape index (κ3) is 1.12. The molecule has 1 aliphatic rings. The molecule has 5 heteroatoms. The molecule has 1 aliphatic heterocycles. The van der Waals surface area contributed by atoms with Gasteiger partial charge < -0.3 is 4.98 Å². The number of nitrogens with one attached hydrogen (secondary N) is 1. The molecule has 1 fully saturated rings. The zero-order valence-electron chi connectivity index (χ0n) is 7.15. The number of aromatic amines is 1. The monoisotopic (exact) mass is 179 g/mol. The summed E-state index contributed by atoms with van der Waals surface area (Å²) in [4.78, 5) is 30.5. The number of imide groups is 1. The van der Waals surface area contributed by atoms with Crippen LogP contribution < -0.4 is 4.90 Å². The van der Waals surface area contributed by atoms with Crippen molar-refractivity contribution in [1.29, 1.82) is 0 Å². The Balaban J connectivity index is 2.34. The van der Waals surface area contributed by atoms with Crippen molar-refractivity contribution in [1.82, 2.24) is 9.97 Å². The van der Waals surface area contributed by atoms with Crippen LogP contribution in [-0.2, 0) is 9.59 Å². The minimum absolute atomic E-state index is 0.181. The van der Waals surface area contributed by atoms with Gasteiger partial charge >= 0.3 is 0 Å². The Morgan fingerprint density at radius 3 is 2.85 bits per heavy atom. The molecule has 2 heterocycles. The lowest BCUT2D eigenvalue weighted by Gasteiger charge is -2.09. The molecule has 1 saturated heterocycles. The van der Waals surface area contributed by atoms with E-state index in [4.69, 9.17) is 0 Å². The minimum Gasteiger partial charge on any atom is -0.330 e. The summed E-state index contributed by atoms with van der Waals surface area (Å²) in [6.45, 7) is 1.74. The van der Waals surface area contributed by atoms with E-state index >= 15 is 0 Å². The number of H-pyrrole nitrogens is 1. The van der Waals surface area contributed by atoms with Crippen molar-refractivity contribution in [2.75, 3.05) is 4.90 Å². The van der Waals surface area contributed by atoms with E-state index < -0.39 is 0 Å². The number of aromatic nitrogens is 2. The summed E-state index contributed by atoms with van der Waals surface area (Å²) in [7, 11) is 0. The Kier molecular flexibility index (Phi) is 1.65. The number of anilines is 1. The highest BCUT2D eigenvalue weighted by Crippen LogP contribution is 2.22. The second-order valence-electron chi connectivity index (χ2n) is 3.09. The maximum absolute atomic E-state index is 11.5. The largest absolute Gasteiger partial charge is 0.330 e. The van der Waals surface area contributed by atoms with Crippen LogP contribution in [0.25, 0.3) is 0 Å². The lowest BCUT2D eigenvalue weighted by atomic mass is 10.1. The van der Waals surface area contributed by atoms with Crippen molar-refractivity contribution in [3.63, 3.8) is 0 Å². The number of imidazole rings is 1. The molecule has 1 aromatic heterocycles. The van der Waals surface area contributed by atoms with E-state index in [2.05, 4.69) is 9.97 Å². The number of hydrogen-bond donors (Lipinski definition) is 1. The van der Waals surface area contributed by atoms with Gasteiger partial charge in [-0.2, -0.15) is 0 Å². The van der Waals surface area contributed by atoms with Crippen LogP contribution >= 0.6 is 0 Å². The topological polar surface area (TPSA) is 66.1 Å². The van der Waals surface area contributed by atoms with Crippen LogP contribution in [0.4, 0.5) is 5.95 Å². The fourth-order valence-electron chi connectivity index (χ4n) is 1.39. The van der Waals surface area contributed by atoms with Gasteiger partial charge in [-0.05, 0) is 0 Å². The molecule has 13 heavy (non-hydrogen) atoms. The van der Waals surface area contributed by atoms with Gasteiger partial charge in [0.2, 0.25) is 17.8 Å². The van der Waals surface area contributed by atoms with E-state index in [1.54, 1.807) is 13.1 Å². The van der Waals surface area contributed by atoms with Crippen molar-refractivity contribution < 1.29 is 9.59 Å². The van der Waals surface area contributed by atoms with Gasteiger partial charge in [0.05, 0.1) is 0 Å². The molecule has 0 spiro atoms. The Morgan fingerprint density at radius 2 is 2.38 bits per heavy atom. The average Bonchev–Trinajstić information content (AvgIpc) is 2.63. The third-order valence-corrected chi connectivity index (χ3v) is 2.07. The molecule has 1 aromatic rings. The first-order valence-corrected chi connectivity index (χ1v) is 4.06. The molecule has 0 aromatic carbocycles. The van der Waals surface area contributed by atoms with Gasteiger partial charge in [-0.15, -0.1) is 0 Å². The Morgan fingerprint density at radius 1 is 1.62 bits per heavy atom. The van der Waals surface area contributed by atoms with Crippen molar-refractivity contribution >= 4 is 17.8 Å². The Hall–Kier alpha value is -1.65. The molecule has 5 nitrogen and oxygen atoms in total. The van der Waals surface area contributed by atoms with E-state index in [0.29, 0.717) is 5.95 Å². The smallest absolute Gasteiger partial charge is 0.239 e. The number of amides is 2. The molecule has 0 saturated carbocycles. The highest BCUT2D eigenvalue weighted by atomic mass is 16.2. The van der Waals surface area contributed by atoms with Gasteiger partial charge in [-0.1, -0.05) is 6.92 Å². The first-order chi connectivity index (χ1) is 6.20. The first-order valence-electron chi connectivity index (χ1n) is 4.06. The van der Waals surface area contributed by atoms with E-state index in [-0.39, 0.29) is 24.2 Å². The molecule has 0 radical (unpaired) electrons. The van der Waals surface area contributed by atoms with Crippen LogP contribution in [0, 0.1) is 5.92 Å². The van der Waals surface area contributed by atoms with Gasteiger partial charge in [0.1, 0.15) is 0 Å². The molecular weight excluding hydrogens is 170 g/mol. The molecular formula is C8H9N3O2. The summed E-state index contributed by atoms with van der Waals surface area (Å²) in [6, 6.07) is 0. The van der Waals surface area contributed by atoms with Crippen molar-refractivity contribution in [2.45, 2.75) is 13.3 Å². The predicted molar refractivity (Wildman–Crippen MR) is 44.9 cm³/mol. The molecule has 0 aliphatic carbocycles. The summed E-state index contributed by atoms with van der Waals surface area (Å²) in [6.07, 6.45) is 3.37. The maximum atomic E-state index is 11.5. The van der Waals surface area contributed by atoms with Crippen LogP contribution in [0.2, 0.25) is 0 Å². The van der Waals surface area contributed by atoms with Crippen LogP contribution in [0.15, 0.2) is 12.4 Å². The van der Waals surface area contributed by atoms with Crippen LogP contribution in [0.1, 0.15) is 13.3 Å². The van der Waals surface area contributed by atoms with E-state index in [1.165, 1.54) is 6.20 Å². The van der Waals surface area contributed by atoms with Gasteiger partial charge in [-0.3, -0.25) is 9.59 Å². The van der Waals surface area contributed by atoms with Crippen molar-refractivity contribution in [3.8, 4) is 0 Å². The molecule has 0 bridgehead atoms. The molecule has 1 unspecified atom stereocenters. The number of rotatable bonds is 1. The fourth-order valence-corrected chi connectivity index (χ4v) is 1.39. The summed E-state index contributed by atoms with van der Waals surface area (Å²) < 4.78 is 0. The molecule has 2 amide bonds. The number of nitrogens with zero attached hydrogens (tertiary/aromatic N) is 2. The van der Waals surface area contributed by atoms with E-state index in [0.717, 1.165) is 4.90 Å². The van der Waals surface area contributed by atoms with Crippen molar-refractivity contribution in [3.05, 3.63) is 12.4 Å². The normalized spacial score (nSPS) is 22.8. The molecule has 2 rings (SSSR count). The number of carbonyl (C=O) groups is 2. The third-order valence-electron chi connectivity index (χ3n) is 2.07. The summed E-state index contributed by atoms with van der Waals surface area (Å²) >= 11 is 0. The summed E-state index contributed by atoms with van der Waals surface area (Å²) in [5.74, 6) is -0.274. The van der Waals surface area contributed by atoms with Gasteiger partial charge in [0.25, 0.3) is 0 Å². The van der Waals surface area contributed by atoms with Gasteiger partial charge in [0, 0.05) is 24.7 Å². The molecule has 68 valence electrons. The SMILES string of the molecule is CC1CC(=O)N(c2ncc[nH]2)C1=O. The standard InChI is InChI=1S/C8H9N3O2/c1-5-4-6(12)11(7(5)13)8-9-2-3-10-8/h2-3,5H,4H2,1H3,(H,9,10). The summed E-state index contributed by atoms with van der Waals surface area (Å²) in [5.41, 5.74) is 0. The quantitative estimate of drug-likeness (QED) is 0.631. The lowest BCUT2D eigenvalue weighted by Crippen LogP contribution is -2.30. The molecule has 1 N–H and O–H groups in total. The minimum atomic E-state index is -0.224. The van der Waals surface area contributed by atoms with Gasteiger partial charge in [-0.25, -0.2) is 9.88 Å². The lowest BCUT2D eigenvalue weighted by molar-refractivity contribution is -0.122. The molecule has 1 atom stereocenters. The zero-order valence-corrected chi connectivity index (χ0v) is 7.15.